The molecule has 2 fully saturated rings. The minimum absolute atomic E-state index is 0.0218. The lowest BCUT2D eigenvalue weighted by Gasteiger charge is -2.36. The number of carbonyl (C=O) groups excluding carboxylic acids is 2. The Kier molecular flexibility index (Phi) is 6.47. The highest BCUT2D eigenvalue weighted by Crippen LogP contribution is 2.25. The van der Waals surface area contributed by atoms with Crippen molar-refractivity contribution in [1.82, 2.24) is 29.9 Å². The molecule has 0 aliphatic carbocycles. The number of amides is 3. The number of aryl methyl sites for hydroxylation is 1. The van der Waals surface area contributed by atoms with Gasteiger partial charge < -0.3 is 31.5 Å². The van der Waals surface area contributed by atoms with Gasteiger partial charge in [-0.05, 0) is 37.4 Å². The zero-order valence-corrected chi connectivity index (χ0v) is 18.2. The van der Waals surface area contributed by atoms with Gasteiger partial charge in [-0.3, -0.25) is 4.79 Å². The fourth-order valence-electron chi connectivity index (χ4n) is 3.78. The van der Waals surface area contributed by atoms with Crippen LogP contribution in [0.5, 0.6) is 0 Å². The number of piperidine rings is 1. The second-order valence-corrected chi connectivity index (χ2v) is 8.52. The first kappa shape index (κ1) is 21.2. The summed E-state index contributed by atoms with van der Waals surface area (Å²) >= 11 is 1.28. The van der Waals surface area contributed by atoms with Crippen LogP contribution in [0.3, 0.4) is 0 Å². The molecule has 0 spiro atoms. The van der Waals surface area contributed by atoms with Gasteiger partial charge in [0.05, 0.1) is 11.9 Å². The van der Waals surface area contributed by atoms with Gasteiger partial charge in [0, 0.05) is 45.3 Å². The van der Waals surface area contributed by atoms with Gasteiger partial charge in [-0.1, -0.05) is 0 Å². The van der Waals surface area contributed by atoms with E-state index in [1.54, 1.807) is 6.20 Å². The lowest BCUT2D eigenvalue weighted by atomic mass is 10.1. The average molecular weight is 446 g/mol. The first-order valence-electron chi connectivity index (χ1n) is 10.4. The molecule has 3 amide bonds. The molecule has 4 rings (SSSR count). The number of aromatic nitrogens is 3. The van der Waals surface area contributed by atoms with Gasteiger partial charge in [0.1, 0.15) is 10.8 Å². The summed E-state index contributed by atoms with van der Waals surface area (Å²) in [4.78, 5) is 37.2. The highest BCUT2D eigenvalue weighted by atomic mass is 32.1. The summed E-state index contributed by atoms with van der Waals surface area (Å²) in [5.74, 6) is 0.290. The molecule has 0 saturated carbocycles. The van der Waals surface area contributed by atoms with E-state index in [-0.39, 0.29) is 17.8 Å². The van der Waals surface area contributed by atoms with Crippen molar-refractivity contribution in [3.8, 4) is 0 Å². The Morgan fingerprint density at radius 2 is 2.10 bits per heavy atom. The van der Waals surface area contributed by atoms with Crippen LogP contribution in [0, 0.1) is 6.92 Å². The molecule has 5 N–H and O–H groups in total. The SMILES string of the molecule is Cc1cc(Nc2nc(N3CCC[C@H](NC(=O)N4CCNCC4)C3)cnc2C(N)=O)sn1. The predicted molar refractivity (Wildman–Crippen MR) is 119 cm³/mol. The summed E-state index contributed by atoms with van der Waals surface area (Å²) in [6.07, 6.45) is 3.39. The van der Waals surface area contributed by atoms with Crippen LogP contribution in [0.15, 0.2) is 12.3 Å². The molecule has 0 unspecified atom stereocenters. The zero-order valence-electron chi connectivity index (χ0n) is 17.4. The van der Waals surface area contributed by atoms with Crippen LogP contribution in [0.25, 0.3) is 0 Å². The van der Waals surface area contributed by atoms with Crippen molar-refractivity contribution in [2.45, 2.75) is 25.8 Å². The van der Waals surface area contributed by atoms with Crippen molar-refractivity contribution < 1.29 is 9.59 Å². The molecule has 12 heteroatoms. The number of urea groups is 1. The molecular formula is C19H27N9O2S. The van der Waals surface area contributed by atoms with Gasteiger partial charge >= 0.3 is 6.03 Å². The van der Waals surface area contributed by atoms with Crippen molar-refractivity contribution >= 4 is 40.1 Å². The van der Waals surface area contributed by atoms with E-state index in [4.69, 9.17) is 5.73 Å². The van der Waals surface area contributed by atoms with E-state index < -0.39 is 5.91 Å². The highest BCUT2D eigenvalue weighted by molar-refractivity contribution is 7.10. The van der Waals surface area contributed by atoms with Crippen LogP contribution in [-0.2, 0) is 0 Å². The molecule has 0 aromatic carbocycles. The molecule has 2 aromatic heterocycles. The van der Waals surface area contributed by atoms with Crippen molar-refractivity contribution in [2.24, 2.45) is 5.73 Å². The quantitative estimate of drug-likeness (QED) is 0.526. The lowest BCUT2D eigenvalue weighted by Crippen LogP contribution is -2.55. The van der Waals surface area contributed by atoms with E-state index in [0.717, 1.165) is 43.2 Å². The number of primary amides is 1. The summed E-state index contributed by atoms with van der Waals surface area (Å²) in [5, 5.41) is 10.3. The molecule has 1 atom stereocenters. The summed E-state index contributed by atoms with van der Waals surface area (Å²) in [7, 11) is 0. The molecule has 0 bridgehead atoms. The van der Waals surface area contributed by atoms with E-state index in [2.05, 4.69) is 35.2 Å². The average Bonchev–Trinajstić information content (AvgIpc) is 3.19. The number of rotatable bonds is 5. The highest BCUT2D eigenvalue weighted by Gasteiger charge is 2.26. The zero-order chi connectivity index (χ0) is 21.8. The predicted octanol–water partition coefficient (Wildman–Crippen LogP) is 0.668. The number of hydrogen-bond acceptors (Lipinski definition) is 9. The van der Waals surface area contributed by atoms with Gasteiger partial charge in [-0.15, -0.1) is 0 Å². The molecular weight excluding hydrogens is 418 g/mol. The third-order valence-electron chi connectivity index (χ3n) is 5.34. The number of nitrogens with one attached hydrogen (secondary N) is 3. The van der Waals surface area contributed by atoms with Crippen LogP contribution in [0.4, 0.5) is 21.4 Å². The fraction of sp³-hybridized carbons (Fsp3) is 0.526. The van der Waals surface area contributed by atoms with Crippen LogP contribution < -0.4 is 26.6 Å². The van der Waals surface area contributed by atoms with Crippen LogP contribution >= 0.6 is 11.5 Å². The third kappa shape index (κ3) is 5.20. The standard InChI is InChI=1S/C19H27N9O2S/c1-12-9-15(31-26-12)25-18-16(17(20)29)22-10-14(24-18)28-6-2-3-13(11-28)23-19(30)27-7-4-21-5-8-27/h9-10,13,21H,2-8,11H2,1H3,(H2,20,29)(H,23,30)(H,24,25)/t13-/m0/s1. The number of hydrogen-bond donors (Lipinski definition) is 4. The van der Waals surface area contributed by atoms with Gasteiger partial charge in [0.2, 0.25) is 0 Å². The Morgan fingerprint density at radius 3 is 2.81 bits per heavy atom. The van der Waals surface area contributed by atoms with E-state index in [0.29, 0.717) is 31.3 Å². The number of nitrogens with two attached hydrogens (primary N) is 1. The Balaban J connectivity index is 1.46. The molecule has 2 saturated heterocycles. The molecule has 0 radical (unpaired) electrons. The van der Waals surface area contributed by atoms with Gasteiger partial charge in [-0.25, -0.2) is 14.8 Å². The van der Waals surface area contributed by atoms with Gasteiger partial charge in [-0.2, -0.15) is 4.37 Å². The van der Waals surface area contributed by atoms with E-state index >= 15 is 0 Å². The minimum atomic E-state index is -0.650. The first-order valence-corrected chi connectivity index (χ1v) is 11.2. The smallest absolute Gasteiger partial charge is 0.317 e. The van der Waals surface area contributed by atoms with E-state index in [1.807, 2.05) is 17.9 Å². The summed E-state index contributed by atoms with van der Waals surface area (Å²) in [6.45, 7) is 6.39. The van der Waals surface area contributed by atoms with Crippen molar-refractivity contribution in [3.05, 3.63) is 23.7 Å². The van der Waals surface area contributed by atoms with Crippen molar-refractivity contribution in [2.75, 3.05) is 49.5 Å². The van der Waals surface area contributed by atoms with Gasteiger partial charge in [0.25, 0.3) is 5.91 Å². The summed E-state index contributed by atoms with van der Waals surface area (Å²) < 4.78 is 4.23. The molecule has 31 heavy (non-hydrogen) atoms. The number of carbonyl (C=O) groups is 2. The summed E-state index contributed by atoms with van der Waals surface area (Å²) in [6, 6.07) is 1.87. The normalized spacial score (nSPS) is 19.2. The molecule has 11 nitrogen and oxygen atoms in total. The van der Waals surface area contributed by atoms with Crippen molar-refractivity contribution in [3.63, 3.8) is 0 Å². The van der Waals surface area contributed by atoms with E-state index in [1.165, 1.54) is 11.5 Å². The maximum Gasteiger partial charge on any atom is 0.317 e. The second kappa shape index (κ2) is 9.43. The molecule has 2 aliphatic rings. The Hall–Kier alpha value is -2.99. The Labute approximate surface area is 184 Å². The first-order chi connectivity index (χ1) is 15.0. The molecule has 2 aliphatic heterocycles. The second-order valence-electron chi connectivity index (χ2n) is 7.72. The minimum Gasteiger partial charge on any atom is -0.364 e. The summed E-state index contributed by atoms with van der Waals surface area (Å²) in [5.41, 5.74) is 6.44. The molecule has 4 heterocycles. The Bertz CT molecular complexity index is 944. The van der Waals surface area contributed by atoms with Gasteiger partial charge in [0.15, 0.2) is 11.5 Å². The maximum atomic E-state index is 12.6. The van der Waals surface area contributed by atoms with Crippen molar-refractivity contribution in [1.29, 1.82) is 0 Å². The molecule has 2 aromatic rings. The third-order valence-corrected chi connectivity index (χ3v) is 6.14. The largest absolute Gasteiger partial charge is 0.364 e. The van der Waals surface area contributed by atoms with E-state index in [9.17, 15) is 9.59 Å². The monoisotopic (exact) mass is 445 g/mol. The topological polar surface area (TPSA) is 141 Å². The lowest BCUT2D eigenvalue weighted by molar-refractivity contribution is 0.0996. The van der Waals surface area contributed by atoms with Crippen LogP contribution in [-0.4, -0.2) is 76.5 Å². The fourth-order valence-corrected chi connectivity index (χ4v) is 4.44. The van der Waals surface area contributed by atoms with Crippen LogP contribution in [0.2, 0.25) is 0 Å². The number of piperazine rings is 1. The molecule has 166 valence electrons. The maximum absolute atomic E-state index is 12.6. The van der Waals surface area contributed by atoms with Crippen LogP contribution in [0.1, 0.15) is 29.0 Å². The number of nitrogens with zero attached hydrogens (tertiary/aromatic N) is 5. The number of anilines is 3. The Morgan fingerprint density at radius 1 is 1.29 bits per heavy atom.